The molecule has 0 radical (unpaired) electrons. The van der Waals surface area contributed by atoms with Crippen LogP contribution < -0.4 is 4.74 Å². The third kappa shape index (κ3) is 2.24. The van der Waals surface area contributed by atoms with Crippen LogP contribution >= 0.6 is 0 Å². The van der Waals surface area contributed by atoms with Gasteiger partial charge in [-0.3, -0.25) is 4.99 Å². The third-order valence-corrected chi connectivity index (χ3v) is 3.71. The number of nitrogens with zero attached hydrogens (tertiary/aromatic N) is 2. The number of ether oxygens (including phenoxy) is 1. The van der Waals surface area contributed by atoms with Gasteiger partial charge in [-0.1, -0.05) is 12.1 Å². The van der Waals surface area contributed by atoms with E-state index in [0.29, 0.717) is 19.0 Å². The van der Waals surface area contributed by atoms with E-state index in [0.717, 1.165) is 33.5 Å². The molecule has 0 unspecified atom stereocenters. The molecule has 4 nitrogen and oxygen atoms in total. The Morgan fingerprint density at radius 3 is 2.91 bits per heavy atom. The zero-order valence-electron chi connectivity index (χ0n) is 11.8. The van der Waals surface area contributed by atoms with Crippen LogP contribution in [0.15, 0.2) is 41.4 Å². The van der Waals surface area contributed by atoms with Gasteiger partial charge in [0.2, 0.25) is 0 Å². The van der Waals surface area contributed by atoms with Crippen molar-refractivity contribution >= 4 is 17.2 Å². The monoisotopic (exact) mass is 295 g/mol. The van der Waals surface area contributed by atoms with Crippen LogP contribution in [0.1, 0.15) is 11.4 Å². The highest BCUT2D eigenvalue weighted by molar-refractivity contribution is 5.88. The van der Waals surface area contributed by atoms with E-state index in [2.05, 4.69) is 21.0 Å². The second kappa shape index (κ2) is 5.26. The molecule has 0 atom stereocenters. The molecular formula is C17H14FN3O. The topological polar surface area (TPSA) is 50.3 Å². The Bertz CT molecular complexity index is 869. The molecule has 0 spiro atoms. The van der Waals surface area contributed by atoms with Crippen molar-refractivity contribution in [3.05, 3.63) is 47.8 Å². The second-order valence-corrected chi connectivity index (χ2v) is 5.19. The van der Waals surface area contributed by atoms with E-state index in [-0.39, 0.29) is 0 Å². The minimum absolute atomic E-state index is 0.356. The first kappa shape index (κ1) is 13.0. The largest absolute Gasteiger partial charge is 0.491 e. The highest BCUT2D eigenvalue weighted by atomic mass is 19.1. The van der Waals surface area contributed by atoms with E-state index in [1.54, 1.807) is 0 Å². The molecule has 5 heteroatoms. The number of alkyl halides is 1. The SMILES string of the molecule is FCc1nc2ccc(-c3ccc4c(c3)C=NCCO4)cc2[nH]1. The summed E-state index contributed by atoms with van der Waals surface area (Å²) in [5.74, 6) is 1.21. The summed E-state index contributed by atoms with van der Waals surface area (Å²) in [6, 6.07) is 11.9. The fourth-order valence-corrected chi connectivity index (χ4v) is 2.64. The molecule has 0 saturated heterocycles. The highest BCUT2D eigenvalue weighted by Gasteiger charge is 2.09. The van der Waals surface area contributed by atoms with Crippen molar-refractivity contribution in [2.75, 3.05) is 13.2 Å². The molecule has 110 valence electrons. The average Bonchev–Trinajstić information content (AvgIpc) is 2.83. The number of aromatic nitrogens is 2. The molecule has 0 bridgehead atoms. The smallest absolute Gasteiger partial charge is 0.147 e. The van der Waals surface area contributed by atoms with Crippen LogP contribution in [0.2, 0.25) is 0 Å². The summed E-state index contributed by atoms with van der Waals surface area (Å²) in [4.78, 5) is 11.5. The molecule has 2 aromatic carbocycles. The van der Waals surface area contributed by atoms with Crippen LogP contribution in [0.3, 0.4) is 0 Å². The van der Waals surface area contributed by atoms with Gasteiger partial charge in [0.1, 0.15) is 24.9 Å². The van der Waals surface area contributed by atoms with Crippen LogP contribution in [0.4, 0.5) is 4.39 Å². The minimum Gasteiger partial charge on any atom is -0.491 e. The van der Waals surface area contributed by atoms with Gasteiger partial charge in [0.05, 0.1) is 17.6 Å². The van der Waals surface area contributed by atoms with Crippen LogP contribution in [0.25, 0.3) is 22.2 Å². The molecular weight excluding hydrogens is 281 g/mol. The molecule has 0 fully saturated rings. The van der Waals surface area contributed by atoms with E-state index in [1.807, 2.05) is 36.5 Å². The number of fused-ring (bicyclic) bond motifs is 2. The number of hydrogen-bond acceptors (Lipinski definition) is 3. The molecule has 0 saturated carbocycles. The Morgan fingerprint density at radius 1 is 1.14 bits per heavy atom. The molecule has 22 heavy (non-hydrogen) atoms. The highest BCUT2D eigenvalue weighted by Crippen LogP contribution is 2.28. The Labute approximate surface area is 126 Å². The first-order valence-corrected chi connectivity index (χ1v) is 7.15. The van der Waals surface area contributed by atoms with E-state index in [9.17, 15) is 4.39 Å². The van der Waals surface area contributed by atoms with Gasteiger partial charge in [0.15, 0.2) is 0 Å². The number of H-pyrrole nitrogens is 1. The van der Waals surface area contributed by atoms with E-state index in [4.69, 9.17) is 4.74 Å². The maximum Gasteiger partial charge on any atom is 0.147 e. The van der Waals surface area contributed by atoms with Gasteiger partial charge >= 0.3 is 0 Å². The zero-order valence-corrected chi connectivity index (χ0v) is 11.8. The van der Waals surface area contributed by atoms with Crippen LogP contribution in [-0.4, -0.2) is 29.3 Å². The number of benzene rings is 2. The van der Waals surface area contributed by atoms with Crippen molar-refractivity contribution in [3.8, 4) is 16.9 Å². The number of imidazole rings is 1. The van der Waals surface area contributed by atoms with Gasteiger partial charge < -0.3 is 9.72 Å². The minimum atomic E-state index is -0.587. The summed E-state index contributed by atoms with van der Waals surface area (Å²) in [6.45, 7) is 0.696. The van der Waals surface area contributed by atoms with Gasteiger partial charge in [-0.2, -0.15) is 0 Å². The molecule has 4 rings (SSSR count). The van der Waals surface area contributed by atoms with Gasteiger partial charge in [-0.15, -0.1) is 0 Å². The van der Waals surface area contributed by atoms with E-state index >= 15 is 0 Å². The first-order valence-electron chi connectivity index (χ1n) is 7.15. The Hall–Kier alpha value is -2.69. The lowest BCUT2D eigenvalue weighted by Crippen LogP contribution is -1.99. The standard InChI is InChI=1S/C17H14FN3O/c18-9-17-20-14-3-1-12(8-15(14)21-17)11-2-4-16-13(7-11)10-19-5-6-22-16/h1-4,7-8,10H,5-6,9H2,(H,20,21). The van der Waals surface area contributed by atoms with Crippen molar-refractivity contribution in [3.63, 3.8) is 0 Å². The maximum atomic E-state index is 12.7. The summed E-state index contributed by atoms with van der Waals surface area (Å²) in [6.07, 6.45) is 1.85. The lowest BCUT2D eigenvalue weighted by atomic mass is 10.0. The fourth-order valence-electron chi connectivity index (χ4n) is 2.64. The molecule has 1 aliphatic heterocycles. The Kier molecular flexibility index (Phi) is 3.11. The van der Waals surface area contributed by atoms with Crippen LogP contribution in [-0.2, 0) is 6.67 Å². The Balaban J connectivity index is 1.79. The first-order chi connectivity index (χ1) is 10.8. The number of aliphatic imine (C=N–C) groups is 1. The number of rotatable bonds is 2. The van der Waals surface area contributed by atoms with E-state index in [1.165, 1.54) is 0 Å². The lowest BCUT2D eigenvalue weighted by molar-refractivity contribution is 0.331. The van der Waals surface area contributed by atoms with Gasteiger partial charge in [-0.05, 0) is 35.4 Å². The number of halogens is 1. The number of hydrogen-bond donors (Lipinski definition) is 1. The predicted octanol–water partition coefficient (Wildman–Crippen LogP) is 3.51. The van der Waals surface area contributed by atoms with Crippen molar-refractivity contribution in [1.82, 2.24) is 9.97 Å². The van der Waals surface area contributed by atoms with Crippen molar-refractivity contribution in [2.45, 2.75) is 6.67 Å². The quantitative estimate of drug-likeness (QED) is 0.786. The summed E-state index contributed by atoms with van der Waals surface area (Å²) >= 11 is 0. The van der Waals surface area contributed by atoms with Gasteiger partial charge in [0.25, 0.3) is 0 Å². The predicted molar refractivity (Wildman–Crippen MR) is 84.3 cm³/mol. The van der Waals surface area contributed by atoms with Gasteiger partial charge in [-0.25, -0.2) is 9.37 Å². The third-order valence-electron chi connectivity index (χ3n) is 3.71. The number of aromatic amines is 1. The zero-order chi connectivity index (χ0) is 14.9. The molecule has 0 amide bonds. The molecule has 1 aromatic heterocycles. The summed E-state index contributed by atoms with van der Waals surface area (Å²) < 4.78 is 18.3. The average molecular weight is 295 g/mol. The summed E-state index contributed by atoms with van der Waals surface area (Å²) in [5, 5.41) is 0. The van der Waals surface area contributed by atoms with Crippen molar-refractivity contribution in [1.29, 1.82) is 0 Å². The van der Waals surface area contributed by atoms with Crippen LogP contribution in [0, 0.1) is 0 Å². The summed E-state index contributed by atoms with van der Waals surface area (Å²) in [5.41, 5.74) is 4.70. The maximum absolute atomic E-state index is 12.7. The second-order valence-electron chi connectivity index (χ2n) is 5.19. The molecule has 0 aliphatic carbocycles. The molecule has 3 aromatic rings. The van der Waals surface area contributed by atoms with Crippen molar-refractivity contribution < 1.29 is 9.13 Å². The Morgan fingerprint density at radius 2 is 2.00 bits per heavy atom. The normalized spacial score (nSPS) is 13.7. The molecule has 1 aliphatic rings. The van der Waals surface area contributed by atoms with Crippen molar-refractivity contribution in [2.24, 2.45) is 4.99 Å². The van der Waals surface area contributed by atoms with Gasteiger partial charge in [0, 0.05) is 11.8 Å². The van der Waals surface area contributed by atoms with Crippen LogP contribution in [0.5, 0.6) is 5.75 Å². The molecule has 1 N–H and O–H groups in total. The number of nitrogens with one attached hydrogen (secondary N) is 1. The summed E-state index contributed by atoms with van der Waals surface area (Å²) in [7, 11) is 0. The molecule has 2 heterocycles. The lowest BCUT2D eigenvalue weighted by Gasteiger charge is -2.08. The fraction of sp³-hybridized carbons (Fsp3) is 0.176. The van der Waals surface area contributed by atoms with E-state index < -0.39 is 6.67 Å².